The van der Waals surface area contributed by atoms with E-state index in [1.54, 1.807) is 10.6 Å². The molecule has 0 atom stereocenters. The van der Waals surface area contributed by atoms with Crippen molar-refractivity contribution in [2.24, 2.45) is 5.92 Å². The quantitative estimate of drug-likeness (QED) is 0.849. The zero-order chi connectivity index (χ0) is 14.2. The fraction of sp³-hybridized carbons (Fsp3) is 0.615. The molecular formula is C13H18ClN5O. The third-order valence-electron chi connectivity index (χ3n) is 4.02. The predicted molar refractivity (Wildman–Crippen MR) is 76.9 cm³/mol. The number of hydrogen-bond donors (Lipinski definition) is 2. The highest BCUT2D eigenvalue weighted by Crippen LogP contribution is 2.32. The minimum atomic E-state index is -0.658. The van der Waals surface area contributed by atoms with Gasteiger partial charge in [0, 0.05) is 12.6 Å². The molecular weight excluding hydrogens is 278 g/mol. The van der Waals surface area contributed by atoms with E-state index in [0.717, 1.165) is 25.7 Å². The Morgan fingerprint density at radius 2 is 2.25 bits per heavy atom. The molecule has 108 valence electrons. The van der Waals surface area contributed by atoms with Crippen molar-refractivity contribution in [3.63, 3.8) is 0 Å². The summed E-state index contributed by atoms with van der Waals surface area (Å²) in [6.45, 7) is 2.71. The fourth-order valence-electron chi connectivity index (χ4n) is 2.64. The van der Waals surface area contributed by atoms with E-state index in [2.05, 4.69) is 27.3 Å². The molecule has 0 saturated heterocycles. The van der Waals surface area contributed by atoms with Crippen molar-refractivity contribution < 1.29 is 5.11 Å². The lowest BCUT2D eigenvalue weighted by atomic mass is 9.79. The molecule has 6 nitrogen and oxygen atoms in total. The Labute approximate surface area is 122 Å². The van der Waals surface area contributed by atoms with Crippen LogP contribution in [0.15, 0.2) is 12.4 Å². The number of aromatic nitrogens is 4. The normalized spacial score (nSPS) is 26.9. The maximum atomic E-state index is 10.6. The van der Waals surface area contributed by atoms with Gasteiger partial charge in [0.15, 0.2) is 0 Å². The smallest absolute Gasteiger partial charge is 0.255 e. The summed E-state index contributed by atoms with van der Waals surface area (Å²) in [7, 11) is 0. The largest absolute Gasteiger partial charge is 0.388 e. The first kappa shape index (κ1) is 13.6. The van der Waals surface area contributed by atoms with Crippen LogP contribution in [-0.4, -0.2) is 36.8 Å². The Balaban J connectivity index is 1.75. The number of aliphatic hydroxyl groups is 1. The van der Waals surface area contributed by atoms with E-state index < -0.39 is 5.60 Å². The van der Waals surface area contributed by atoms with Crippen LogP contribution in [0, 0.1) is 5.92 Å². The molecule has 0 bridgehead atoms. The van der Waals surface area contributed by atoms with Crippen molar-refractivity contribution in [2.45, 2.75) is 38.2 Å². The summed E-state index contributed by atoms with van der Waals surface area (Å²) in [5.41, 5.74) is -0.658. The molecule has 2 aromatic rings. The molecule has 0 radical (unpaired) electrons. The number of hydrogen-bond acceptors (Lipinski definition) is 5. The first-order valence-corrected chi connectivity index (χ1v) is 7.26. The molecule has 1 aliphatic carbocycles. The van der Waals surface area contributed by atoms with Crippen molar-refractivity contribution in [1.29, 1.82) is 0 Å². The van der Waals surface area contributed by atoms with Gasteiger partial charge in [0.1, 0.15) is 17.3 Å². The van der Waals surface area contributed by atoms with Gasteiger partial charge in [0.2, 0.25) is 0 Å². The Morgan fingerprint density at radius 1 is 1.50 bits per heavy atom. The van der Waals surface area contributed by atoms with Gasteiger partial charge in [-0.25, -0.2) is 0 Å². The van der Waals surface area contributed by atoms with E-state index in [4.69, 9.17) is 11.6 Å². The summed E-state index contributed by atoms with van der Waals surface area (Å²) in [5, 5.41) is 18.3. The summed E-state index contributed by atoms with van der Waals surface area (Å²) in [4.78, 5) is 8.09. The van der Waals surface area contributed by atoms with Crippen molar-refractivity contribution in [3.8, 4) is 0 Å². The van der Waals surface area contributed by atoms with Gasteiger partial charge in [-0.15, -0.1) is 0 Å². The molecule has 0 spiro atoms. The van der Waals surface area contributed by atoms with Crippen LogP contribution in [0.4, 0.5) is 5.82 Å². The highest BCUT2D eigenvalue weighted by atomic mass is 35.5. The second-order valence-electron chi connectivity index (χ2n) is 5.70. The zero-order valence-corrected chi connectivity index (χ0v) is 12.1. The SMILES string of the molecule is CC1CCC(O)(CNc2cc(Cl)nc3ncnn23)CC1. The number of halogens is 1. The fourth-order valence-corrected chi connectivity index (χ4v) is 2.82. The minimum Gasteiger partial charge on any atom is -0.388 e. The third kappa shape index (κ3) is 2.71. The van der Waals surface area contributed by atoms with Gasteiger partial charge in [0.25, 0.3) is 5.78 Å². The lowest BCUT2D eigenvalue weighted by molar-refractivity contribution is 0.00491. The molecule has 0 aliphatic heterocycles. The molecule has 2 heterocycles. The number of nitrogens with zero attached hydrogens (tertiary/aromatic N) is 4. The number of rotatable bonds is 3. The molecule has 1 aliphatic rings. The van der Waals surface area contributed by atoms with Crippen LogP contribution in [0.1, 0.15) is 32.6 Å². The van der Waals surface area contributed by atoms with Crippen molar-refractivity contribution in [2.75, 3.05) is 11.9 Å². The molecule has 3 rings (SSSR count). The second-order valence-corrected chi connectivity index (χ2v) is 6.08. The van der Waals surface area contributed by atoms with E-state index in [-0.39, 0.29) is 0 Å². The molecule has 2 aromatic heterocycles. The van der Waals surface area contributed by atoms with E-state index in [9.17, 15) is 5.11 Å². The number of nitrogens with one attached hydrogen (secondary N) is 1. The predicted octanol–water partition coefficient (Wildman–Crippen LogP) is 2.13. The van der Waals surface area contributed by atoms with Crippen LogP contribution in [0.25, 0.3) is 5.78 Å². The lowest BCUT2D eigenvalue weighted by Crippen LogP contribution is -2.40. The molecule has 2 N–H and O–H groups in total. The van der Waals surface area contributed by atoms with Crippen molar-refractivity contribution in [3.05, 3.63) is 17.5 Å². The number of fused-ring (bicyclic) bond motifs is 1. The van der Waals surface area contributed by atoms with Gasteiger partial charge < -0.3 is 10.4 Å². The second kappa shape index (κ2) is 5.18. The van der Waals surface area contributed by atoms with Crippen LogP contribution in [-0.2, 0) is 0 Å². The highest BCUT2D eigenvalue weighted by Gasteiger charge is 2.31. The van der Waals surface area contributed by atoms with E-state index in [0.29, 0.717) is 29.2 Å². The summed E-state index contributed by atoms with van der Waals surface area (Å²) in [6.07, 6.45) is 5.20. The molecule has 1 fully saturated rings. The van der Waals surface area contributed by atoms with Crippen molar-refractivity contribution >= 4 is 23.2 Å². The topological polar surface area (TPSA) is 75.3 Å². The van der Waals surface area contributed by atoms with Crippen LogP contribution in [0.2, 0.25) is 5.15 Å². The summed E-state index contributed by atoms with van der Waals surface area (Å²) < 4.78 is 1.58. The van der Waals surface area contributed by atoms with Gasteiger partial charge in [-0.3, -0.25) is 0 Å². The summed E-state index contributed by atoms with van der Waals surface area (Å²) in [5.74, 6) is 1.85. The summed E-state index contributed by atoms with van der Waals surface area (Å²) >= 11 is 5.96. The van der Waals surface area contributed by atoms with Gasteiger partial charge in [-0.05, 0) is 31.6 Å². The Morgan fingerprint density at radius 3 is 3.00 bits per heavy atom. The molecule has 7 heteroatoms. The molecule has 0 aromatic carbocycles. The van der Waals surface area contributed by atoms with Gasteiger partial charge in [0.05, 0.1) is 5.60 Å². The van der Waals surface area contributed by atoms with E-state index >= 15 is 0 Å². The number of anilines is 1. The minimum absolute atomic E-state index is 0.359. The van der Waals surface area contributed by atoms with E-state index in [1.165, 1.54) is 6.33 Å². The Hall–Kier alpha value is -1.40. The standard InChI is InChI=1S/C13H18ClN5O/c1-9-2-4-13(20,5-3-9)7-15-11-6-10(14)18-12-16-8-17-19(11)12/h6,8-9,15,20H,2-5,7H2,1H3. The van der Waals surface area contributed by atoms with Gasteiger partial charge in [-0.1, -0.05) is 18.5 Å². The lowest BCUT2D eigenvalue weighted by Gasteiger charge is -2.35. The Kier molecular flexibility index (Phi) is 3.52. The highest BCUT2D eigenvalue weighted by molar-refractivity contribution is 6.29. The van der Waals surface area contributed by atoms with Gasteiger partial charge in [-0.2, -0.15) is 19.6 Å². The average Bonchev–Trinajstić information content (AvgIpc) is 2.88. The maximum absolute atomic E-state index is 10.6. The van der Waals surface area contributed by atoms with Crippen LogP contribution in [0.5, 0.6) is 0 Å². The average molecular weight is 296 g/mol. The van der Waals surface area contributed by atoms with Crippen LogP contribution < -0.4 is 5.32 Å². The van der Waals surface area contributed by atoms with Gasteiger partial charge >= 0.3 is 0 Å². The monoisotopic (exact) mass is 295 g/mol. The first-order valence-electron chi connectivity index (χ1n) is 6.88. The molecule has 0 unspecified atom stereocenters. The molecule has 20 heavy (non-hydrogen) atoms. The molecule has 0 amide bonds. The van der Waals surface area contributed by atoms with E-state index in [1.807, 2.05) is 0 Å². The molecule has 1 saturated carbocycles. The van der Waals surface area contributed by atoms with Crippen LogP contribution in [0.3, 0.4) is 0 Å². The Bertz CT molecular complexity index is 606. The van der Waals surface area contributed by atoms with Crippen molar-refractivity contribution in [1.82, 2.24) is 19.6 Å². The third-order valence-corrected chi connectivity index (χ3v) is 4.22. The summed E-state index contributed by atoms with van der Waals surface area (Å²) in [6, 6.07) is 1.69. The first-order chi connectivity index (χ1) is 9.56. The maximum Gasteiger partial charge on any atom is 0.255 e. The van der Waals surface area contributed by atoms with Crippen LogP contribution >= 0.6 is 11.6 Å². The zero-order valence-electron chi connectivity index (χ0n) is 11.4.